The van der Waals surface area contributed by atoms with E-state index < -0.39 is 9.84 Å². The molecule has 0 saturated heterocycles. The second-order valence-electron chi connectivity index (χ2n) is 4.53. The molecule has 0 aliphatic rings. The number of rotatable bonds is 6. The fraction of sp³-hybridized carbons (Fsp3) is 0.267. The summed E-state index contributed by atoms with van der Waals surface area (Å²) in [5, 5.41) is 4.71. The molecule has 0 atom stereocenters. The Hall–Kier alpha value is -1.66. The van der Waals surface area contributed by atoms with E-state index >= 15 is 0 Å². The Kier molecular flexibility index (Phi) is 5.14. The summed E-state index contributed by atoms with van der Waals surface area (Å²) in [6.07, 6.45) is 0.670. The van der Waals surface area contributed by atoms with Gasteiger partial charge in [0.15, 0.2) is 9.84 Å². The van der Waals surface area contributed by atoms with E-state index in [0.29, 0.717) is 22.7 Å². The molecule has 1 heterocycles. The molecule has 0 radical (unpaired) electrons. The van der Waals surface area contributed by atoms with E-state index in [9.17, 15) is 13.2 Å². The minimum absolute atomic E-state index is 0.0739. The summed E-state index contributed by atoms with van der Waals surface area (Å²) >= 11 is 1.41. The van der Waals surface area contributed by atoms with Gasteiger partial charge in [0.25, 0.3) is 5.91 Å². The number of nitrogens with one attached hydrogen (secondary N) is 1. The summed E-state index contributed by atoms with van der Waals surface area (Å²) in [4.78, 5) is 12.8. The van der Waals surface area contributed by atoms with Crippen LogP contribution in [0.4, 0.5) is 0 Å². The van der Waals surface area contributed by atoms with E-state index in [1.54, 1.807) is 37.3 Å². The maximum atomic E-state index is 11.7. The molecule has 4 nitrogen and oxygen atoms in total. The Morgan fingerprint density at radius 1 is 1.19 bits per heavy atom. The van der Waals surface area contributed by atoms with Gasteiger partial charge in [0.05, 0.1) is 15.5 Å². The summed E-state index contributed by atoms with van der Waals surface area (Å²) in [6, 6.07) is 10.4. The summed E-state index contributed by atoms with van der Waals surface area (Å²) in [7, 11) is -3.15. The van der Waals surface area contributed by atoms with Gasteiger partial charge in [0.1, 0.15) is 0 Å². The van der Waals surface area contributed by atoms with Gasteiger partial charge in [-0.1, -0.05) is 25.1 Å². The van der Waals surface area contributed by atoms with Crippen molar-refractivity contribution >= 4 is 27.1 Å². The van der Waals surface area contributed by atoms with Crippen molar-refractivity contribution in [1.82, 2.24) is 5.32 Å². The lowest BCUT2D eigenvalue weighted by atomic mass is 10.1. The Balaban J connectivity index is 1.88. The van der Waals surface area contributed by atoms with Crippen LogP contribution < -0.4 is 5.32 Å². The van der Waals surface area contributed by atoms with Gasteiger partial charge in [-0.25, -0.2) is 8.42 Å². The van der Waals surface area contributed by atoms with Crippen molar-refractivity contribution in [2.75, 3.05) is 12.3 Å². The summed E-state index contributed by atoms with van der Waals surface area (Å²) in [5.41, 5.74) is 0.997. The SMILES string of the molecule is CCS(=O)(=O)c1ccc(CCNC(=O)c2cccs2)cc1. The molecule has 6 heteroatoms. The molecule has 0 spiro atoms. The average Bonchev–Trinajstić information content (AvgIpc) is 3.02. The molecule has 1 aromatic heterocycles. The van der Waals surface area contributed by atoms with E-state index in [1.807, 2.05) is 11.4 Å². The number of hydrogen-bond donors (Lipinski definition) is 1. The van der Waals surface area contributed by atoms with Crippen LogP contribution in [-0.2, 0) is 16.3 Å². The third-order valence-corrected chi connectivity index (χ3v) is 5.73. The van der Waals surface area contributed by atoms with Gasteiger partial charge in [-0.05, 0) is 35.6 Å². The zero-order chi connectivity index (χ0) is 15.3. The van der Waals surface area contributed by atoms with E-state index in [-0.39, 0.29) is 11.7 Å². The Labute approximate surface area is 128 Å². The van der Waals surface area contributed by atoms with Gasteiger partial charge in [-0.3, -0.25) is 4.79 Å². The fourth-order valence-electron chi connectivity index (χ4n) is 1.85. The lowest BCUT2D eigenvalue weighted by Crippen LogP contribution is -2.24. The lowest BCUT2D eigenvalue weighted by Gasteiger charge is -2.05. The van der Waals surface area contributed by atoms with Crippen LogP contribution in [0, 0.1) is 0 Å². The largest absolute Gasteiger partial charge is 0.351 e. The van der Waals surface area contributed by atoms with Gasteiger partial charge in [-0.2, -0.15) is 0 Å². The minimum atomic E-state index is -3.15. The van der Waals surface area contributed by atoms with Gasteiger partial charge in [-0.15, -0.1) is 11.3 Å². The monoisotopic (exact) mass is 323 g/mol. The van der Waals surface area contributed by atoms with Crippen LogP contribution in [0.1, 0.15) is 22.2 Å². The van der Waals surface area contributed by atoms with E-state index in [2.05, 4.69) is 5.32 Å². The third-order valence-electron chi connectivity index (χ3n) is 3.11. The quantitative estimate of drug-likeness (QED) is 0.888. The maximum Gasteiger partial charge on any atom is 0.261 e. The minimum Gasteiger partial charge on any atom is -0.351 e. The first-order chi connectivity index (χ1) is 10.0. The van der Waals surface area contributed by atoms with Gasteiger partial charge >= 0.3 is 0 Å². The second-order valence-corrected chi connectivity index (χ2v) is 7.76. The van der Waals surface area contributed by atoms with Crippen molar-refractivity contribution in [3.05, 3.63) is 52.2 Å². The molecule has 112 valence electrons. The first-order valence-electron chi connectivity index (χ1n) is 6.66. The molecule has 0 unspecified atom stereocenters. The van der Waals surface area contributed by atoms with Gasteiger partial charge in [0.2, 0.25) is 0 Å². The number of hydrogen-bond acceptors (Lipinski definition) is 4. The van der Waals surface area contributed by atoms with E-state index in [1.165, 1.54) is 11.3 Å². The molecule has 1 amide bonds. The number of thiophene rings is 1. The first kappa shape index (κ1) is 15.7. The van der Waals surface area contributed by atoms with Crippen LogP contribution >= 0.6 is 11.3 Å². The molecule has 21 heavy (non-hydrogen) atoms. The van der Waals surface area contributed by atoms with Crippen molar-refractivity contribution in [1.29, 1.82) is 0 Å². The van der Waals surface area contributed by atoms with Gasteiger partial charge in [0, 0.05) is 6.54 Å². The molecule has 0 bridgehead atoms. The average molecular weight is 323 g/mol. The zero-order valence-electron chi connectivity index (χ0n) is 11.7. The van der Waals surface area contributed by atoms with Crippen LogP contribution in [0.5, 0.6) is 0 Å². The van der Waals surface area contributed by atoms with Crippen LogP contribution in [0.3, 0.4) is 0 Å². The molecular weight excluding hydrogens is 306 g/mol. The molecule has 1 N–H and O–H groups in total. The topological polar surface area (TPSA) is 63.2 Å². The smallest absolute Gasteiger partial charge is 0.261 e. The highest BCUT2D eigenvalue weighted by Gasteiger charge is 2.10. The molecule has 2 rings (SSSR count). The normalized spacial score (nSPS) is 11.3. The van der Waals surface area contributed by atoms with Crippen LogP contribution in [0.15, 0.2) is 46.7 Å². The molecule has 1 aromatic carbocycles. The van der Waals surface area contributed by atoms with Crippen molar-refractivity contribution in [3.8, 4) is 0 Å². The molecule has 0 aliphatic heterocycles. The molecule has 0 aliphatic carbocycles. The highest BCUT2D eigenvalue weighted by Crippen LogP contribution is 2.12. The summed E-state index contributed by atoms with van der Waals surface area (Å²) in [6.45, 7) is 2.15. The number of sulfone groups is 1. The van der Waals surface area contributed by atoms with Crippen molar-refractivity contribution < 1.29 is 13.2 Å². The third kappa shape index (κ3) is 4.15. The lowest BCUT2D eigenvalue weighted by molar-refractivity contribution is 0.0958. The van der Waals surface area contributed by atoms with Crippen LogP contribution in [0.25, 0.3) is 0 Å². The molecule has 0 fully saturated rings. The Morgan fingerprint density at radius 3 is 2.48 bits per heavy atom. The van der Waals surface area contributed by atoms with Crippen LogP contribution in [0.2, 0.25) is 0 Å². The predicted molar refractivity (Wildman–Crippen MR) is 84.5 cm³/mol. The first-order valence-corrected chi connectivity index (χ1v) is 9.19. The molecule has 0 saturated carbocycles. The van der Waals surface area contributed by atoms with Gasteiger partial charge < -0.3 is 5.32 Å². The number of amides is 1. The van der Waals surface area contributed by atoms with E-state index in [0.717, 1.165) is 5.56 Å². The van der Waals surface area contributed by atoms with Crippen molar-refractivity contribution in [2.24, 2.45) is 0 Å². The van der Waals surface area contributed by atoms with E-state index in [4.69, 9.17) is 0 Å². The standard InChI is InChI=1S/C15H17NO3S2/c1-2-21(18,19)13-7-5-12(6-8-13)9-10-16-15(17)14-4-3-11-20-14/h3-8,11H,2,9-10H2,1H3,(H,16,17). The molecular formula is C15H17NO3S2. The summed E-state index contributed by atoms with van der Waals surface area (Å²) < 4.78 is 23.4. The highest BCUT2D eigenvalue weighted by molar-refractivity contribution is 7.91. The highest BCUT2D eigenvalue weighted by atomic mass is 32.2. The number of carbonyl (C=O) groups is 1. The number of carbonyl (C=O) groups excluding carboxylic acids is 1. The second kappa shape index (κ2) is 6.87. The zero-order valence-corrected chi connectivity index (χ0v) is 13.3. The Bertz CT molecular complexity index is 689. The molecule has 2 aromatic rings. The fourth-order valence-corrected chi connectivity index (χ4v) is 3.37. The van der Waals surface area contributed by atoms with Crippen LogP contribution in [-0.4, -0.2) is 26.6 Å². The van der Waals surface area contributed by atoms with Crippen molar-refractivity contribution in [3.63, 3.8) is 0 Å². The predicted octanol–water partition coefficient (Wildman–Crippen LogP) is 2.51. The van der Waals surface area contributed by atoms with Crippen molar-refractivity contribution in [2.45, 2.75) is 18.2 Å². The summed E-state index contributed by atoms with van der Waals surface area (Å²) in [5.74, 6) is 0.0265. The Morgan fingerprint density at radius 2 is 1.90 bits per heavy atom. The maximum absolute atomic E-state index is 11.7. The number of benzene rings is 1.